The van der Waals surface area contributed by atoms with Crippen molar-refractivity contribution in [3.63, 3.8) is 0 Å². The summed E-state index contributed by atoms with van der Waals surface area (Å²) in [7, 11) is 0. The van der Waals surface area contributed by atoms with E-state index >= 15 is 0 Å². The van der Waals surface area contributed by atoms with Crippen molar-refractivity contribution >= 4 is 28.8 Å². The summed E-state index contributed by atoms with van der Waals surface area (Å²) in [5, 5.41) is 14.4. The fourth-order valence-electron chi connectivity index (χ4n) is 1.45. The molecule has 0 saturated carbocycles. The lowest BCUT2D eigenvalue weighted by molar-refractivity contribution is -0.384. The van der Waals surface area contributed by atoms with Gasteiger partial charge in [0.1, 0.15) is 6.20 Å². The molecule has 0 spiro atoms. The molecule has 0 atom stereocenters. The molecular weight excluding hydrogens is 284 g/mol. The third-order valence-corrected chi connectivity index (χ3v) is 2.58. The molecule has 0 saturated heterocycles. The number of nitrogens with zero attached hydrogens (tertiary/aromatic N) is 3. The number of halogens is 1. The Morgan fingerprint density at radius 2 is 2.10 bits per heavy atom. The first-order valence-corrected chi connectivity index (χ1v) is 6.14. The highest BCUT2D eigenvalue weighted by atomic mass is 35.5. The lowest BCUT2D eigenvalue weighted by Gasteiger charge is -2.07. The van der Waals surface area contributed by atoms with Crippen molar-refractivity contribution in [3.8, 4) is 6.01 Å². The van der Waals surface area contributed by atoms with Gasteiger partial charge in [-0.3, -0.25) is 10.1 Å². The van der Waals surface area contributed by atoms with Crippen molar-refractivity contribution in [1.82, 2.24) is 9.97 Å². The Morgan fingerprint density at radius 3 is 2.70 bits per heavy atom. The highest BCUT2D eigenvalue weighted by Gasteiger charge is 2.18. The van der Waals surface area contributed by atoms with Crippen molar-refractivity contribution in [2.75, 3.05) is 11.9 Å². The van der Waals surface area contributed by atoms with Crippen LogP contribution in [0.2, 0.25) is 5.02 Å². The van der Waals surface area contributed by atoms with Gasteiger partial charge >= 0.3 is 11.7 Å². The Hall–Kier alpha value is -2.41. The molecule has 20 heavy (non-hydrogen) atoms. The average molecular weight is 295 g/mol. The maximum absolute atomic E-state index is 11.0. The Morgan fingerprint density at radius 1 is 1.40 bits per heavy atom. The molecule has 2 aromatic rings. The van der Waals surface area contributed by atoms with E-state index in [0.717, 1.165) is 6.20 Å². The summed E-state index contributed by atoms with van der Waals surface area (Å²) in [4.78, 5) is 18.1. The van der Waals surface area contributed by atoms with Crippen LogP contribution in [-0.2, 0) is 0 Å². The Balaban J connectivity index is 2.34. The number of aromatic nitrogens is 2. The minimum Gasteiger partial charge on any atom is -0.464 e. The van der Waals surface area contributed by atoms with Gasteiger partial charge in [0.2, 0.25) is 5.82 Å². The smallest absolute Gasteiger partial charge is 0.330 e. The first kappa shape index (κ1) is 14.0. The van der Waals surface area contributed by atoms with Crippen molar-refractivity contribution < 1.29 is 9.66 Å². The molecule has 0 aliphatic rings. The predicted molar refractivity (Wildman–Crippen MR) is 74.6 cm³/mol. The predicted octanol–water partition coefficient (Wildman–Crippen LogP) is 3.18. The van der Waals surface area contributed by atoms with Crippen LogP contribution in [0.1, 0.15) is 6.92 Å². The molecule has 0 bridgehead atoms. The van der Waals surface area contributed by atoms with Crippen molar-refractivity contribution in [1.29, 1.82) is 0 Å². The van der Waals surface area contributed by atoms with E-state index in [1.807, 2.05) is 0 Å². The van der Waals surface area contributed by atoms with E-state index < -0.39 is 4.92 Å². The highest BCUT2D eigenvalue weighted by Crippen LogP contribution is 2.26. The molecule has 1 aromatic carbocycles. The lowest BCUT2D eigenvalue weighted by Crippen LogP contribution is -2.04. The SMILES string of the molecule is CCOc1ncc([N+](=O)[O-])c(Nc2ccc(Cl)cc2)n1. The molecule has 104 valence electrons. The molecule has 0 amide bonds. The molecule has 7 nitrogen and oxygen atoms in total. The van der Waals surface area contributed by atoms with E-state index in [9.17, 15) is 10.1 Å². The van der Waals surface area contributed by atoms with Crippen LogP contribution in [0.3, 0.4) is 0 Å². The van der Waals surface area contributed by atoms with Crippen LogP contribution >= 0.6 is 11.6 Å². The lowest BCUT2D eigenvalue weighted by atomic mass is 10.3. The molecule has 1 aromatic heterocycles. The highest BCUT2D eigenvalue weighted by molar-refractivity contribution is 6.30. The molecule has 0 fully saturated rings. The zero-order valence-electron chi connectivity index (χ0n) is 10.5. The monoisotopic (exact) mass is 294 g/mol. The maximum atomic E-state index is 11.0. The van der Waals surface area contributed by atoms with Gasteiger partial charge in [0, 0.05) is 10.7 Å². The second kappa shape index (κ2) is 6.16. The Kier molecular flexibility index (Phi) is 4.31. The average Bonchev–Trinajstić information content (AvgIpc) is 2.42. The van der Waals surface area contributed by atoms with Crippen LogP contribution in [0.25, 0.3) is 0 Å². The Labute approximate surface area is 119 Å². The number of hydrogen-bond acceptors (Lipinski definition) is 6. The van der Waals surface area contributed by atoms with Gasteiger partial charge in [-0.05, 0) is 31.2 Å². The molecule has 1 heterocycles. The van der Waals surface area contributed by atoms with E-state index in [1.54, 1.807) is 31.2 Å². The molecule has 1 N–H and O–H groups in total. The summed E-state index contributed by atoms with van der Waals surface area (Å²) in [6.45, 7) is 2.15. The van der Waals surface area contributed by atoms with Crippen LogP contribution in [0.5, 0.6) is 6.01 Å². The fourth-order valence-corrected chi connectivity index (χ4v) is 1.58. The number of rotatable bonds is 5. The van der Waals surface area contributed by atoms with Gasteiger partial charge in [0.15, 0.2) is 0 Å². The molecule has 2 rings (SSSR count). The third kappa shape index (κ3) is 3.33. The van der Waals surface area contributed by atoms with E-state index in [4.69, 9.17) is 16.3 Å². The quantitative estimate of drug-likeness (QED) is 0.673. The minimum atomic E-state index is -0.562. The van der Waals surface area contributed by atoms with Crippen LogP contribution < -0.4 is 10.1 Å². The molecule has 0 aliphatic carbocycles. The summed E-state index contributed by atoms with van der Waals surface area (Å²) in [5.41, 5.74) is 0.391. The van der Waals surface area contributed by atoms with Gasteiger partial charge in [-0.25, -0.2) is 0 Å². The van der Waals surface area contributed by atoms with Crippen LogP contribution in [0.4, 0.5) is 17.2 Å². The number of hydrogen-bond donors (Lipinski definition) is 1. The van der Waals surface area contributed by atoms with Crippen molar-refractivity contribution in [2.24, 2.45) is 0 Å². The summed E-state index contributed by atoms with van der Waals surface area (Å²) in [6, 6.07) is 6.79. The first-order valence-electron chi connectivity index (χ1n) is 5.77. The van der Waals surface area contributed by atoms with Gasteiger partial charge < -0.3 is 10.1 Å². The van der Waals surface area contributed by atoms with Crippen LogP contribution in [-0.4, -0.2) is 21.5 Å². The second-order valence-corrected chi connectivity index (χ2v) is 4.14. The number of anilines is 2. The molecule has 0 aliphatic heterocycles. The van der Waals surface area contributed by atoms with Crippen LogP contribution in [0.15, 0.2) is 30.5 Å². The third-order valence-electron chi connectivity index (χ3n) is 2.32. The fraction of sp³-hybridized carbons (Fsp3) is 0.167. The van der Waals surface area contributed by atoms with E-state index in [0.29, 0.717) is 17.3 Å². The largest absolute Gasteiger partial charge is 0.464 e. The van der Waals surface area contributed by atoms with Crippen molar-refractivity contribution in [3.05, 3.63) is 45.6 Å². The standard InChI is InChI=1S/C12H11ClN4O3/c1-2-20-12-14-7-10(17(18)19)11(16-12)15-9-5-3-8(13)4-6-9/h3-7H,2H2,1H3,(H,14,15,16). The Bertz CT molecular complexity index is 619. The minimum absolute atomic E-state index is 0.0655. The summed E-state index contributed by atoms with van der Waals surface area (Å²) >= 11 is 5.78. The summed E-state index contributed by atoms with van der Waals surface area (Å²) < 4.78 is 5.13. The molecule has 8 heteroatoms. The maximum Gasteiger partial charge on any atom is 0.330 e. The zero-order valence-corrected chi connectivity index (χ0v) is 11.3. The van der Waals surface area contributed by atoms with Gasteiger partial charge in [-0.15, -0.1) is 0 Å². The number of benzene rings is 1. The normalized spacial score (nSPS) is 10.1. The number of nitro groups is 1. The van der Waals surface area contributed by atoms with Gasteiger partial charge in [0.25, 0.3) is 0 Å². The molecule has 0 radical (unpaired) electrons. The number of nitrogens with one attached hydrogen (secondary N) is 1. The van der Waals surface area contributed by atoms with Crippen LogP contribution in [0, 0.1) is 10.1 Å². The number of ether oxygens (including phenoxy) is 1. The zero-order chi connectivity index (χ0) is 14.5. The summed E-state index contributed by atoms with van der Waals surface area (Å²) in [6.07, 6.45) is 1.11. The first-order chi connectivity index (χ1) is 9.60. The second-order valence-electron chi connectivity index (χ2n) is 3.71. The van der Waals surface area contributed by atoms with Crippen molar-refractivity contribution in [2.45, 2.75) is 6.92 Å². The van der Waals surface area contributed by atoms with Gasteiger partial charge in [-0.2, -0.15) is 9.97 Å². The summed E-state index contributed by atoms with van der Waals surface area (Å²) in [5.74, 6) is 0.0655. The molecule has 0 unspecified atom stereocenters. The van der Waals surface area contributed by atoms with E-state index in [-0.39, 0.29) is 17.5 Å². The van der Waals surface area contributed by atoms with Gasteiger partial charge in [-0.1, -0.05) is 11.6 Å². The van der Waals surface area contributed by atoms with Gasteiger partial charge in [0.05, 0.1) is 11.5 Å². The van der Waals surface area contributed by atoms with E-state index in [1.165, 1.54) is 0 Å². The molecular formula is C12H11ClN4O3. The van der Waals surface area contributed by atoms with E-state index in [2.05, 4.69) is 15.3 Å². The topological polar surface area (TPSA) is 90.2 Å².